The number of nitrogens with zero attached hydrogens (tertiary/aromatic N) is 3. The van der Waals surface area contributed by atoms with Crippen molar-refractivity contribution in [3.8, 4) is 5.75 Å². The van der Waals surface area contributed by atoms with Crippen molar-refractivity contribution in [2.24, 2.45) is 0 Å². The largest absolute Gasteiger partial charge is 0.492 e. The minimum absolute atomic E-state index is 0.0228. The summed E-state index contributed by atoms with van der Waals surface area (Å²) in [6, 6.07) is 7.06. The molecule has 0 spiro atoms. The number of para-hydroxylation sites is 2. The Hall–Kier alpha value is -2.90. The number of nitrogen functional groups attached to an aromatic ring is 1. The Kier molecular flexibility index (Phi) is 3.94. The second-order valence-corrected chi connectivity index (χ2v) is 3.77. The lowest BCUT2D eigenvalue weighted by atomic mass is 10.3. The highest BCUT2D eigenvalue weighted by atomic mass is 16.6. The molecule has 0 radical (unpaired) electrons. The topological polar surface area (TPSA) is 116 Å². The zero-order chi connectivity index (χ0) is 14.5. The van der Waals surface area contributed by atoms with E-state index in [1.54, 1.807) is 24.3 Å². The Morgan fingerprint density at radius 1 is 1.45 bits per heavy atom. The number of benzene rings is 1. The van der Waals surface area contributed by atoms with Crippen molar-refractivity contribution in [2.45, 2.75) is 6.92 Å². The molecule has 1 aromatic heterocycles. The van der Waals surface area contributed by atoms with Crippen LogP contribution in [0.4, 0.5) is 23.1 Å². The fourth-order valence-corrected chi connectivity index (χ4v) is 1.59. The summed E-state index contributed by atoms with van der Waals surface area (Å²) in [5.74, 6) is 0.545. The van der Waals surface area contributed by atoms with Crippen LogP contribution in [0.1, 0.15) is 6.92 Å². The highest BCUT2D eigenvalue weighted by Gasteiger charge is 2.18. The number of aromatic nitrogens is 2. The van der Waals surface area contributed by atoms with E-state index in [0.29, 0.717) is 18.0 Å². The van der Waals surface area contributed by atoms with Gasteiger partial charge < -0.3 is 15.8 Å². The lowest BCUT2D eigenvalue weighted by Gasteiger charge is -2.11. The van der Waals surface area contributed by atoms with E-state index in [-0.39, 0.29) is 17.5 Å². The second kappa shape index (κ2) is 5.83. The fourth-order valence-electron chi connectivity index (χ4n) is 1.59. The van der Waals surface area contributed by atoms with Crippen molar-refractivity contribution in [2.75, 3.05) is 17.7 Å². The molecule has 0 fully saturated rings. The maximum absolute atomic E-state index is 10.9. The molecule has 2 aromatic rings. The number of ether oxygens (including phenoxy) is 1. The first kappa shape index (κ1) is 13.5. The number of hydrogen-bond acceptors (Lipinski definition) is 7. The second-order valence-electron chi connectivity index (χ2n) is 3.77. The van der Waals surface area contributed by atoms with Gasteiger partial charge in [-0.2, -0.15) is 4.98 Å². The van der Waals surface area contributed by atoms with Gasteiger partial charge in [0.05, 0.1) is 17.2 Å². The predicted molar refractivity (Wildman–Crippen MR) is 74.0 cm³/mol. The van der Waals surface area contributed by atoms with E-state index >= 15 is 0 Å². The number of rotatable bonds is 5. The number of nitrogens with one attached hydrogen (secondary N) is 1. The minimum atomic E-state index is -0.578. The highest BCUT2D eigenvalue weighted by molar-refractivity contribution is 5.70. The molecule has 104 valence electrons. The van der Waals surface area contributed by atoms with Gasteiger partial charge in [-0.25, -0.2) is 4.98 Å². The van der Waals surface area contributed by atoms with Crippen molar-refractivity contribution in [3.05, 3.63) is 40.6 Å². The third-order valence-electron chi connectivity index (χ3n) is 2.42. The van der Waals surface area contributed by atoms with Crippen molar-refractivity contribution >= 4 is 23.1 Å². The maximum Gasteiger partial charge on any atom is 0.329 e. The fraction of sp³-hybridized carbons (Fsp3) is 0.167. The molecule has 0 amide bonds. The average Bonchev–Trinajstić information content (AvgIpc) is 2.41. The van der Waals surface area contributed by atoms with Crippen LogP contribution >= 0.6 is 0 Å². The van der Waals surface area contributed by atoms with Crippen molar-refractivity contribution in [3.63, 3.8) is 0 Å². The molecule has 0 saturated carbocycles. The van der Waals surface area contributed by atoms with Gasteiger partial charge in [0.2, 0.25) is 11.8 Å². The van der Waals surface area contributed by atoms with E-state index in [1.165, 1.54) is 0 Å². The zero-order valence-electron chi connectivity index (χ0n) is 10.7. The molecule has 0 bridgehead atoms. The monoisotopic (exact) mass is 275 g/mol. The van der Waals surface area contributed by atoms with Gasteiger partial charge in [0.1, 0.15) is 11.9 Å². The average molecular weight is 275 g/mol. The molecule has 0 saturated heterocycles. The summed E-state index contributed by atoms with van der Waals surface area (Å²) in [7, 11) is 0. The van der Waals surface area contributed by atoms with Gasteiger partial charge >= 0.3 is 5.69 Å². The van der Waals surface area contributed by atoms with Crippen LogP contribution in [0.25, 0.3) is 0 Å². The molecule has 1 aromatic carbocycles. The van der Waals surface area contributed by atoms with Crippen LogP contribution in [0.5, 0.6) is 5.75 Å². The Morgan fingerprint density at radius 3 is 2.90 bits per heavy atom. The first-order valence-electron chi connectivity index (χ1n) is 5.87. The summed E-state index contributed by atoms with van der Waals surface area (Å²) in [6.07, 6.45) is 1.06. The van der Waals surface area contributed by atoms with E-state index in [4.69, 9.17) is 10.5 Å². The van der Waals surface area contributed by atoms with Gasteiger partial charge in [-0.1, -0.05) is 12.1 Å². The third-order valence-corrected chi connectivity index (χ3v) is 2.42. The van der Waals surface area contributed by atoms with Crippen LogP contribution in [0.3, 0.4) is 0 Å². The standard InChI is InChI=1S/C12H13N5O3/c1-2-20-10-6-4-3-5-8(10)15-11-9(17(18)19)7-14-12(13)16-11/h3-7H,2H2,1H3,(H3,13,14,15,16). The van der Waals surface area contributed by atoms with E-state index in [9.17, 15) is 10.1 Å². The smallest absolute Gasteiger partial charge is 0.329 e. The first-order valence-corrected chi connectivity index (χ1v) is 5.87. The van der Waals surface area contributed by atoms with Crippen molar-refractivity contribution in [1.82, 2.24) is 9.97 Å². The summed E-state index contributed by atoms with van der Waals surface area (Å²) >= 11 is 0. The molecule has 8 nitrogen and oxygen atoms in total. The maximum atomic E-state index is 10.9. The minimum Gasteiger partial charge on any atom is -0.492 e. The lowest BCUT2D eigenvalue weighted by Crippen LogP contribution is -2.05. The summed E-state index contributed by atoms with van der Waals surface area (Å²) in [4.78, 5) is 17.8. The Balaban J connectivity index is 2.39. The van der Waals surface area contributed by atoms with Crippen LogP contribution in [0.15, 0.2) is 30.5 Å². The van der Waals surface area contributed by atoms with Gasteiger partial charge in [0, 0.05) is 0 Å². The quantitative estimate of drug-likeness (QED) is 0.634. The molecular formula is C12H13N5O3. The summed E-state index contributed by atoms with van der Waals surface area (Å²) in [6.45, 7) is 2.33. The molecule has 0 unspecified atom stereocenters. The number of hydrogen-bond donors (Lipinski definition) is 2. The van der Waals surface area contributed by atoms with Crippen LogP contribution in [0.2, 0.25) is 0 Å². The molecule has 0 atom stereocenters. The Bertz CT molecular complexity index is 632. The molecule has 0 aliphatic carbocycles. The molecule has 3 N–H and O–H groups in total. The Morgan fingerprint density at radius 2 is 2.20 bits per heavy atom. The molecule has 1 heterocycles. The van der Waals surface area contributed by atoms with E-state index in [1.807, 2.05) is 6.92 Å². The van der Waals surface area contributed by atoms with Gasteiger partial charge in [-0.3, -0.25) is 10.1 Å². The SMILES string of the molecule is CCOc1ccccc1Nc1nc(N)ncc1[N+](=O)[O-]. The number of nitrogens with two attached hydrogens (primary N) is 1. The van der Waals surface area contributed by atoms with Crippen LogP contribution in [-0.2, 0) is 0 Å². The van der Waals surface area contributed by atoms with Gasteiger partial charge in [0.15, 0.2) is 0 Å². The van der Waals surface area contributed by atoms with Gasteiger partial charge in [-0.15, -0.1) is 0 Å². The van der Waals surface area contributed by atoms with Crippen LogP contribution < -0.4 is 15.8 Å². The first-order chi connectivity index (χ1) is 9.61. The number of anilines is 3. The molecule has 2 rings (SSSR count). The van der Waals surface area contributed by atoms with E-state index in [2.05, 4.69) is 15.3 Å². The Labute approximate surface area is 114 Å². The van der Waals surface area contributed by atoms with Crippen molar-refractivity contribution in [1.29, 1.82) is 0 Å². The molecule has 0 aliphatic rings. The predicted octanol–water partition coefficient (Wildman–Crippen LogP) is 2.11. The highest BCUT2D eigenvalue weighted by Crippen LogP contribution is 2.30. The third kappa shape index (κ3) is 2.91. The van der Waals surface area contributed by atoms with Crippen molar-refractivity contribution < 1.29 is 9.66 Å². The van der Waals surface area contributed by atoms with Gasteiger partial charge in [0.25, 0.3) is 0 Å². The normalized spacial score (nSPS) is 10.1. The summed E-state index contributed by atoms with van der Waals surface area (Å²) in [5, 5.41) is 13.8. The summed E-state index contributed by atoms with van der Waals surface area (Å²) < 4.78 is 5.43. The summed E-state index contributed by atoms with van der Waals surface area (Å²) in [5.41, 5.74) is 5.77. The lowest BCUT2D eigenvalue weighted by molar-refractivity contribution is -0.384. The number of nitro groups is 1. The molecule has 0 aliphatic heterocycles. The van der Waals surface area contributed by atoms with Gasteiger partial charge in [-0.05, 0) is 19.1 Å². The molecule has 20 heavy (non-hydrogen) atoms. The molecule has 8 heteroatoms. The van der Waals surface area contributed by atoms with Crippen LogP contribution in [-0.4, -0.2) is 21.5 Å². The van der Waals surface area contributed by atoms with Crippen LogP contribution in [0, 0.1) is 10.1 Å². The van der Waals surface area contributed by atoms with E-state index in [0.717, 1.165) is 6.20 Å². The molecular weight excluding hydrogens is 262 g/mol. The zero-order valence-corrected chi connectivity index (χ0v) is 10.7. The van der Waals surface area contributed by atoms with E-state index < -0.39 is 4.92 Å².